The molecule has 5 heteroatoms. The molecule has 2 rings (SSSR count). The maximum atomic E-state index is 12.2. The minimum absolute atomic E-state index is 0. The minimum atomic E-state index is -4.52. The van der Waals surface area contributed by atoms with Crippen LogP contribution in [0, 0.1) is 0 Å². The fourth-order valence-corrected chi connectivity index (χ4v) is 7.02. The monoisotopic (exact) mass is 622 g/mol. The summed E-state index contributed by atoms with van der Waals surface area (Å²) in [6.45, 7) is 4.53. The van der Waals surface area contributed by atoms with Crippen molar-refractivity contribution >= 4 is 20.9 Å². The maximum Gasteiger partial charge on any atom is 1.00 e. The minimum Gasteiger partial charge on any atom is -0.744 e. The molecule has 0 aromatic heterocycles. The molecular formula is C38H63NaO3S. The van der Waals surface area contributed by atoms with E-state index < -0.39 is 10.1 Å². The zero-order valence-electron chi connectivity index (χ0n) is 28.4. The number of benzene rings is 2. The van der Waals surface area contributed by atoms with E-state index >= 15 is 0 Å². The molecule has 2 aromatic rings. The van der Waals surface area contributed by atoms with Crippen LogP contribution in [0.15, 0.2) is 35.2 Å². The van der Waals surface area contributed by atoms with Gasteiger partial charge in [0.15, 0.2) is 0 Å². The number of rotatable bonds is 27. The Morgan fingerprint density at radius 1 is 0.488 bits per heavy atom. The van der Waals surface area contributed by atoms with Crippen molar-refractivity contribution in [3.63, 3.8) is 0 Å². The van der Waals surface area contributed by atoms with Crippen LogP contribution in [0.4, 0.5) is 0 Å². The van der Waals surface area contributed by atoms with Crippen molar-refractivity contribution in [1.82, 2.24) is 0 Å². The molecule has 0 heterocycles. The van der Waals surface area contributed by atoms with E-state index in [9.17, 15) is 13.0 Å². The number of fused-ring (bicyclic) bond motifs is 1. The SMILES string of the molecule is CCCCCCCCCCCCCCc1cc(S(=O)(=O)[O-])c2cc(CCCCCCCCCCCCCC)ccc2c1.[Na+]. The summed E-state index contributed by atoms with van der Waals surface area (Å²) in [6.07, 6.45) is 33.3. The first-order valence-electron chi connectivity index (χ1n) is 18.0. The van der Waals surface area contributed by atoms with Gasteiger partial charge in [0.25, 0.3) is 0 Å². The van der Waals surface area contributed by atoms with Crippen LogP contribution in [-0.2, 0) is 23.0 Å². The van der Waals surface area contributed by atoms with E-state index in [2.05, 4.69) is 26.0 Å². The van der Waals surface area contributed by atoms with E-state index in [1.807, 2.05) is 12.1 Å². The number of hydrogen-bond acceptors (Lipinski definition) is 3. The van der Waals surface area contributed by atoms with Crippen LogP contribution in [-0.4, -0.2) is 13.0 Å². The smallest absolute Gasteiger partial charge is 0.744 e. The van der Waals surface area contributed by atoms with Gasteiger partial charge in [-0.25, -0.2) is 8.42 Å². The van der Waals surface area contributed by atoms with Crippen molar-refractivity contribution in [3.8, 4) is 0 Å². The van der Waals surface area contributed by atoms with Gasteiger partial charge in [0.05, 0.1) is 4.90 Å². The number of unbranched alkanes of at least 4 members (excludes halogenated alkanes) is 22. The normalized spacial score (nSPS) is 11.7. The molecule has 0 N–H and O–H groups in total. The predicted molar refractivity (Wildman–Crippen MR) is 181 cm³/mol. The van der Waals surface area contributed by atoms with Crippen LogP contribution >= 0.6 is 0 Å². The first-order chi connectivity index (χ1) is 20.5. The molecular weight excluding hydrogens is 559 g/mol. The Labute approximate surface area is 288 Å². The molecule has 43 heavy (non-hydrogen) atoms. The summed E-state index contributed by atoms with van der Waals surface area (Å²) in [5, 5.41) is 1.47. The van der Waals surface area contributed by atoms with Gasteiger partial charge in [0.1, 0.15) is 10.1 Å². The van der Waals surface area contributed by atoms with Crippen molar-refractivity contribution in [2.75, 3.05) is 0 Å². The van der Waals surface area contributed by atoms with E-state index in [1.165, 1.54) is 135 Å². The quantitative estimate of drug-likeness (QED) is 0.0567. The first kappa shape index (κ1) is 40.6. The van der Waals surface area contributed by atoms with Crippen LogP contribution in [0.2, 0.25) is 0 Å². The van der Waals surface area contributed by atoms with E-state index in [0.717, 1.165) is 48.6 Å². The Hall–Kier alpha value is -0.390. The second-order valence-corrected chi connectivity index (χ2v) is 14.2. The van der Waals surface area contributed by atoms with Crippen LogP contribution in [0.25, 0.3) is 10.8 Å². The van der Waals surface area contributed by atoms with E-state index in [4.69, 9.17) is 0 Å². The Kier molecular flexibility index (Phi) is 24.3. The molecule has 240 valence electrons. The zero-order valence-corrected chi connectivity index (χ0v) is 31.2. The second-order valence-electron chi connectivity index (χ2n) is 12.9. The standard InChI is InChI=1S/C38H64O3S.Na/c1-3-5-7-9-11-13-15-17-19-21-23-25-27-34-29-30-36-31-35(33-38(37(36)32-34)42(39,40)41)28-26-24-22-20-18-16-14-12-10-8-6-4-2;/h29-33H,3-28H2,1-2H3,(H,39,40,41);/q;+1/p-1. The average Bonchev–Trinajstić information content (AvgIpc) is 2.97. The number of aryl methyl sites for hydroxylation is 2. The van der Waals surface area contributed by atoms with Crippen molar-refractivity contribution < 1.29 is 42.5 Å². The van der Waals surface area contributed by atoms with Gasteiger partial charge in [-0.3, -0.25) is 0 Å². The molecule has 0 amide bonds. The van der Waals surface area contributed by atoms with Gasteiger partial charge in [-0.2, -0.15) is 0 Å². The van der Waals surface area contributed by atoms with E-state index in [-0.39, 0.29) is 34.5 Å². The number of hydrogen-bond donors (Lipinski definition) is 0. The summed E-state index contributed by atoms with van der Waals surface area (Å²) in [5.41, 5.74) is 2.10. The Morgan fingerprint density at radius 2 is 0.860 bits per heavy atom. The molecule has 2 aromatic carbocycles. The summed E-state index contributed by atoms with van der Waals surface area (Å²) in [6, 6.07) is 9.83. The zero-order chi connectivity index (χ0) is 30.3. The maximum absolute atomic E-state index is 12.2. The third-order valence-electron chi connectivity index (χ3n) is 8.95. The Bertz CT molecular complexity index is 1070. The van der Waals surface area contributed by atoms with Crippen LogP contribution in [0.3, 0.4) is 0 Å². The van der Waals surface area contributed by atoms with Crippen LogP contribution < -0.4 is 29.6 Å². The topological polar surface area (TPSA) is 57.2 Å². The average molecular weight is 623 g/mol. The molecule has 3 nitrogen and oxygen atoms in total. The molecule has 0 radical (unpaired) electrons. The third-order valence-corrected chi connectivity index (χ3v) is 9.82. The Morgan fingerprint density at radius 3 is 1.26 bits per heavy atom. The first-order valence-corrected chi connectivity index (χ1v) is 19.4. The van der Waals surface area contributed by atoms with Crippen molar-refractivity contribution in [3.05, 3.63) is 41.5 Å². The van der Waals surface area contributed by atoms with Crippen LogP contribution in [0.5, 0.6) is 0 Å². The van der Waals surface area contributed by atoms with Gasteiger partial charge < -0.3 is 4.55 Å². The molecule has 0 fully saturated rings. The molecule has 0 bridgehead atoms. The molecule has 0 unspecified atom stereocenters. The summed E-state index contributed by atoms with van der Waals surface area (Å²) in [4.78, 5) is -0.0366. The summed E-state index contributed by atoms with van der Waals surface area (Å²) < 4.78 is 36.6. The predicted octanol–water partition coefficient (Wildman–Crippen LogP) is 9.24. The fraction of sp³-hybridized carbons (Fsp3) is 0.737. The molecule has 0 aliphatic rings. The van der Waals surface area contributed by atoms with E-state index in [0.29, 0.717) is 5.39 Å². The van der Waals surface area contributed by atoms with Crippen LogP contribution in [0.1, 0.15) is 179 Å². The van der Waals surface area contributed by atoms with Gasteiger partial charge >= 0.3 is 29.6 Å². The van der Waals surface area contributed by atoms with Crippen molar-refractivity contribution in [1.29, 1.82) is 0 Å². The van der Waals surface area contributed by atoms with E-state index in [1.54, 1.807) is 6.07 Å². The summed E-state index contributed by atoms with van der Waals surface area (Å²) in [7, 11) is -4.52. The fourth-order valence-electron chi connectivity index (χ4n) is 6.28. The second kappa shape index (κ2) is 25.8. The largest absolute Gasteiger partial charge is 1.00 e. The molecule has 0 atom stereocenters. The summed E-state index contributed by atoms with van der Waals surface area (Å²) in [5.74, 6) is 0. The van der Waals surface area contributed by atoms with Crippen molar-refractivity contribution in [2.45, 2.75) is 186 Å². The molecule has 0 spiro atoms. The van der Waals surface area contributed by atoms with Gasteiger partial charge in [-0.15, -0.1) is 0 Å². The summed E-state index contributed by atoms with van der Waals surface area (Å²) >= 11 is 0. The third kappa shape index (κ3) is 19.0. The molecule has 0 saturated heterocycles. The van der Waals surface area contributed by atoms with Gasteiger partial charge in [0, 0.05) is 0 Å². The molecule has 0 saturated carbocycles. The van der Waals surface area contributed by atoms with Gasteiger partial charge in [-0.05, 0) is 59.7 Å². The Balaban J connectivity index is 0.00000924. The molecule has 0 aliphatic heterocycles. The molecule has 0 aliphatic carbocycles. The van der Waals surface area contributed by atoms with Gasteiger partial charge in [0.2, 0.25) is 0 Å². The van der Waals surface area contributed by atoms with Crippen molar-refractivity contribution in [2.24, 2.45) is 0 Å². The van der Waals surface area contributed by atoms with Gasteiger partial charge in [-0.1, -0.05) is 173 Å².